The van der Waals surface area contributed by atoms with Crippen molar-refractivity contribution in [3.63, 3.8) is 0 Å². The summed E-state index contributed by atoms with van der Waals surface area (Å²) in [5.74, 6) is 1.51. The third-order valence-electron chi connectivity index (χ3n) is 7.47. The molecule has 0 saturated heterocycles. The lowest BCUT2D eigenvalue weighted by molar-refractivity contribution is -0.157. The van der Waals surface area contributed by atoms with E-state index in [0.717, 1.165) is 61.2 Å². The third kappa shape index (κ3) is 10.3. The molecule has 0 heterocycles. The lowest BCUT2D eigenvalue weighted by Crippen LogP contribution is -2.30. The summed E-state index contributed by atoms with van der Waals surface area (Å²) in [4.78, 5) is 11.9. The summed E-state index contributed by atoms with van der Waals surface area (Å²) in [6, 6.07) is 16.5. The molecule has 2 atom stereocenters. The van der Waals surface area contributed by atoms with Gasteiger partial charge in [-0.05, 0) is 93.2 Å². The number of alkyl halides is 1. The van der Waals surface area contributed by atoms with E-state index in [2.05, 4.69) is 50.2 Å². The zero-order chi connectivity index (χ0) is 27.2. The van der Waals surface area contributed by atoms with E-state index < -0.39 is 12.1 Å². The Kier molecular flexibility index (Phi) is 13.0. The molecular weight excluding hydrogens is 479 g/mol. The van der Waals surface area contributed by atoms with Crippen LogP contribution in [0, 0.1) is 5.92 Å². The largest absolute Gasteiger partial charge is 0.493 e. The van der Waals surface area contributed by atoms with E-state index in [1.54, 1.807) is 0 Å². The molecule has 0 radical (unpaired) electrons. The molecule has 0 amide bonds. The van der Waals surface area contributed by atoms with Crippen molar-refractivity contribution < 1.29 is 23.4 Å². The average Bonchev–Trinajstić information content (AvgIpc) is 2.94. The maximum atomic E-state index is 13.9. The first-order valence-corrected chi connectivity index (χ1v) is 14.8. The van der Waals surface area contributed by atoms with Crippen LogP contribution in [0.3, 0.4) is 0 Å². The Balaban J connectivity index is 1.37. The van der Waals surface area contributed by atoms with E-state index >= 15 is 0 Å². The van der Waals surface area contributed by atoms with Crippen LogP contribution in [-0.2, 0) is 9.53 Å². The van der Waals surface area contributed by atoms with Crippen LogP contribution >= 0.6 is 0 Å². The summed E-state index contributed by atoms with van der Waals surface area (Å²) >= 11 is 0. The number of benzene rings is 2. The van der Waals surface area contributed by atoms with Gasteiger partial charge in [-0.15, -0.1) is 0 Å². The predicted molar refractivity (Wildman–Crippen MR) is 152 cm³/mol. The fourth-order valence-corrected chi connectivity index (χ4v) is 4.99. The molecule has 1 saturated carbocycles. The van der Waals surface area contributed by atoms with Gasteiger partial charge in [-0.1, -0.05) is 70.2 Å². The Morgan fingerprint density at radius 3 is 2.03 bits per heavy atom. The number of esters is 1. The van der Waals surface area contributed by atoms with E-state index in [-0.39, 0.29) is 18.6 Å². The molecule has 2 aromatic carbocycles. The van der Waals surface area contributed by atoms with Gasteiger partial charge in [0.05, 0.1) is 12.7 Å². The second kappa shape index (κ2) is 16.4. The van der Waals surface area contributed by atoms with Crippen molar-refractivity contribution in [3.8, 4) is 22.6 Å². The molecule has 0 aromatic heterocycles. The fraction of sp³-hybridized carbons (Fsp3) is 0.606. The van der Waals surface area contributed by atoms with Crippen molar-refractivity contribution in [2.75, 3.05) is 6.61 Å². The SMILES string of the molecule is CCCCCC[C@H](C)Oc1ccc(-c2ccc(OC[C@H]3CC[C@H](OC(=O)[C@H](F)CCCC)CC3)cc2)cc1. The number of halogens is 1. The highest BCUT2D eigenvalue weighted by Crippen LogP contribution is 2.29. The summed E-state index contributed by atoms with van der Waals surface area (Å²) in [7, 11) is 0. The van der Waals surface area contributed by atoms with Crippen LogP contribution in [0.4, 0.5) is 4.39 Å². The maximum absolute atomic E-state index is 13.9. The highest BCUT2D eigenvalue weighted by atomic mass is 19.1. The van der Waals surface area contributed by atoms with Crippen molar-refractivity contribution in [1.82, 2.24) is 0 Å². The molecule has 0 bridgehead atoms. The number of unbranched alkanes of at least 4 members (excludes halogenated alkanes) is 4. The average molecular weight is 527 g/mol. The summed E-state index contributed by atoms with van der Waals surface area (Å²) in [5, 5.41) is 0. The Hall–Kier alpha value is -2.56. The van der Waals surface area contributed by atoms with E-state index in [1.807, 2.05) is 19.1 Å². The molecule has 1 fully saturated rings. The van der Waals surface area contributed by atoms with Crippen LogP contribution in [0.15, 0.2) is 48.5 Å². The van der Waals surface area contributed by atoms with Crippen molar-refractivity contribution in [2.24, 2.45) is 5.92 Å². The van der Waals surface area contributed by atoms with Gasteiger partial charge in [-0.3, -0.25) is 0 Å². The van der Waals surface area contributed by atoms with Crippen molar-refractivity contribution in [2.45, 2.75) is 116 Å². The molecule has 0 unspecified atom stereocenters. The molecule has 0 N–H and O–H groups in total. The van der Waals surface area contributed by atoms with Gasteiger partial charge in [-0.2, -0.15) is 0 Å². The Labute approximate surface area is 229 Å². The zero-order valence-electron chi connectivity index (χ0n) is 23.6. The molecule has 1 aliphatic rings. The van der Waals surface area contributed by atoms with Gasteiger partial charge >= 0.3 is 5.97 Å². The number of ether oxygens (including phenoxy) is 3. The molecule has 0 spiro atoms. The summed E-state index contributed by atoms with van der Waals surface area (Å²) in [6.45, 7) is 7.01. The molecule has 1 aliphatic carbocycles. The monoisotopic (exact) mass is 526 g/mol. The molecule has 210 valence electrons. The highest BCUT2D eigenvalue weighted by molar-refractivity contribution is 5.74. The van der Waals surface area contributed by atoms with Crippen LogP contribution in [0.1, 0.15) is 97.8 Å². The molecule has 2 aromatic rings. The lowest BCUT2D eigenvalue weighted by atomic mass is 9.88. The van der Waals surface area contributed by atoms with Crippen LogP contribution in [0.2, 0.25) is 0 Å². The lowest BCUT2D eigenvalue weighted by Gasteiger charge is -2.28. The second-order valence-corrected chi connectivity index (χ2v) is 10.8. The standard InChI is InChI=1S/C33H47FO4/c1-4-6-8-9-10-25(3)37-30-22-16-28(17-23-30)27-14-20-29(21-15-27)36-24-26-12-18-31(19-13-26)38-33(35)32(34)11-7-5-2/h14-17,20-23,25-26,31-32H,4-13,18-19,24H2,1-3H3/t25-,26-,31-,32+/m0/s1. The van der Waals surface area contributed by atoms with Crippen LogP contribution in [0.25, 0.3) is 11.1 Å². The first-order valence-electron chi connectivity index (χ1n) is 14.8. The number of hydrogen-bond donors (Lipinski definition) is 0. The smallest absolute Gasteiger partial charge is 0.340 e. The number of hydrogen-bond acceptors (Lipinski definition) is 4. The van der Waals surface area contributed by atoms with E-state index in [0.29, 0.717) is 18.9 Å². The highest BCUT2D eigenvalue weighted by Gasteiger charge is 2.27. The molecule has 4 nitrogen and oxygen atoms in total. The first kappa shape index (κ1) is 30.0. The van der Waals surface area contributed by atoms with Crippen molar-refractivity contribution >= 4 is 5.97 Å². The quantitative estimate of drug-likeness (QED) is 0.162. The normalized spacial score (nSPS) is 18.9. The van der Waals surface area contributed by atoms with E-state index in [1.165, 1.54) is 25.7 Å². The minimum Gasteiger partial charge on any atom is -0.493 e. The van der Waals surface area contributed by atoms with Gasteiger partial charge in [0.2, 0.25) is 0 Å². The van der Waals surface area contributed by atoms with Crippen molar-refractivity contribution in [1.29, 1.82) is 0 Å². The minimum atomic E-state index is -1.49. The van der Waals surface area contributed by atoms with Gasteiger partial charge in [0.1, 0.15) is 17.6 Å². The minimum absolute atomic E-state index is 0.163. The summed E-state index contributed by atoms with van der Waals surface area (Å²) < 4.78 is 31.4. The molecular formula is C33H47FO4. The van der Waals surface area contributed by atoms with Gasteiger partial charge in [0, 0.05) is 0 Å². The molecule has 0 aliphatic heterocycles. The van der Waals surface area contributed by atoms with Gasteiger partial charge in [-0.25, -0.2) is 9.18 Å². The first-order chi connectivity index (χ1) is 18.5. The Bertz CT molecular complexity index is 919. The third-order valence-corrected chi connectivity index (χ3v) is 7.47. The molecule has 5 heteroatoms. The number of carbonyl (C=O) groups excluding carboxylic acids is 1. The van der Waals surface area contributed by atoms with Gasteiger partial charge in [0.25, 0.3) is 0 Å². The van der Waals surface area contributed by atoms with Gasteiger partial charge < -0.3 is 14.2 Å². The van der Waals surface area contributed by atoms with Crippen LogP contribution in [0.5, 0.6) is 11.5 Å². The van der Waals surface area contributed by atoms with E-state index in [9.17, 15) is 9.18 Å². The topological polar surface area (TPSA) is 44.8 Å². The Morgan fingerprint density at radius 1 is 0.816 bits per heavy atom. The van der Waals surface area contributed by atoms with Crippen LogP contribution in [-0.4, -0.2) is 31.0 Å². The van der Waals surface area contributed by atoms with Crippen LogP contribution < -0.4 is 9.47 Å². The summed E-state index contributed by atoms with van der Waals surface area (Å²) in [5.41, 5.74) is 2.29. The second-order valence-electron chi connectivity index (χ2n) is 10.8. The Morgan fingerprint density at radius 2 is 1.42 bits per heavy atom. The molecule has 38 heavy (non-hydrogen) atoms. The fourth-order valence-electron chi connectivity index (χ4n) is 4.99. The van der Waals surface area contributed by atoms with Gasteiger partial charge in [0.15, 0.2) is 6.17 Å². The number of rotatable bonds is 16. The maximum Gasteiger partial charge on any atom is 0.340 e. The number of carbonyl (C=O) groups is 1. The molecule has 3 rings (SSSR count). The van der Waals surface area contributed by atoms with E-state index in [4.69, 9.17) is 14.2 Å². The van der Waals surface area contributed by atoms with Crippen molar-refractivity contribution in [3.05, 3.63) is 48.5 Å². The zero-order valence-corrected chi connectivity index (χ0v) is 23.6. The summed E-state index contributed by atoms with van der Waals surface area (Å²) in [6.07, 6.45) is 9.98. The predicted octanol–water partition coefficient (Wildman–Crippen LogP) is 9.10.